The van der Waals surface area contributed by atoms with E-state index in [1.54, 1.807) is 0 Å². The summed E-state index contributed by atoms with van der Waals surface area (Å²) in [5.41, 5.74) is 3.56. The van der Waals surface area contributed by atoms with Crippen LogP contribution in [-0.2, 0) is 6.54 Å². The Balaban J connectivity index is 1.75. The maximum Gasteiger partial charge on any atom is 0.131 e. The van der Waals surface area contributed by atoms with E-state index in [1.807, 2.05) is 24.4 Å². The Hall–Kier alpha value is -2.42. The van der Waals surface area contributed by atoms with Gasteiger partial charge >= 0.3 is 0 Å². The summed E-state index contributed by atoms with van der Waals surface area (Å²) in [6.45, 7) is 0.754. The summed E-state index contributed by atoms with van der Waals surface area (Å²) in [7, 11) is 0. The molecule has 0 bridgehead atoms. The molecule has 0 spiro atoms. The van der Waals surface area contributed by atoms with Crippen LogP contribution in [0.3, 0.4) is 0 Å². The van der Waals surface area contributed by atoms with Crippen molar-refractivity contribution in [1.29, 1.82) is 0 Å². The SMILES string of the molecule is Fc1ccc(F)c(-c2cc(C3CCCCC3)n(Cc3ccccc3)c2)c1. The van der Waals surface area contributed by atoms with Crippen LogP contribution in [0.4, 0.5) is 8.78 Å². The van der Waals surface area contributed by atoms with Gasteiger partial charge in [0.05, 0.1) is 0 Å². The van der Waals surface area contributed by atoms with E-state index in [4.69, 9.17) is 0 Å². The monoisotopic (exact) mass is 351 g/mol. The third-order valence-electron chi connectivity index (χ3n) is 5.39. The van der Waals surface area contributed by atoms with Gasteiger partial charge in [-0.15, -0.1) is 0 Å². The van der Waals surface area contributed by atoms with Gasteiger partial charge < -0.3 is 4.57 Å². The van der Waals surface area contributed by atoms with E-state index in [-0.39, 0.29) is 5.82 Å². The molecule has 4 rings (SSSR count). The van der Waals surface area contributed by atoms with E-state index in [0.717, 1.165) is 12.1 Å². The molecule has 134 valence electrons. The number of nitrogens with zero attached hydrogens (tertiary/aromatic N) is 1. The fraction of sp³-hybridized carbons (Fsp3) is 0.304. The summed E-state index contributed by atoms with van der Waals surface area (Å²) in [6, 6.07) is 16.0. The molecule has 0 unspecified atom stereocenters. The lowest BCUT2D eigenvalue weighted by Crippen LogP contribution is -2.11. The second kappa shape index (κ2) is 7.45. The number of hydrogen-bond donors (Lipinski definition) is 0. The highest BCUT2D eigenvalue weighted by molar-refractivity contribution is 5.65. The van der Waals surface area contributed by atoms with Crippen LogP contribution in [0.25, 0.3) is 11.1 Å². The summed E-state index contributed by atoms with van der Waals surface area (Å²) in [6.07, 6.45) is 8.10. The van der Waals surface area contributed by atoms with Gasteiger partial charge in [0, 0.05) is 29.6 Å². The van der Waals surface area contributed by atoms with Gasteiger partial charge in [-0.05, 0) is 48.6 Å². The molecule has 0 N–H and O–H groups in total. The molecule has 0 atom stereocenters. The first-order valence-electron chi connectivity index (χ1n) is 9.40. The van der Waals surface area contributed by atoms with E-state index in [1.165, 1.54) is 61.6 Å². The van der Waals surface area contributed by atoms with Gasteiger partial charge in [0.1, 0.15) is 11.6 Å². The third kappa shape index (κ3) is 3.57. The van der Waals surface area contributed by atoms with E-state index >= 15 is 0 Å². The van der Waals surface area contributed by atoms with Gasteiger partial charge in [-0.1, -0.05) is 49.6 Å². The maximum atomic E-state index is 14.3. The van der Waals surface area contributed by atoms with Crippen LogP contribution in [0.1, 0.15) is 49.3 Å². The van der Waals surface area contributed by atoms with Crippen molar-refractivity contribution < 1.29 is 8.78 Å². The van der Waals surface area contributed by atoms with Crippen LogP contribution in [0.5, 0.6) is 0 Å². The number of halogens is 2. The quantitative estimate of drug-likeness (QED) is 0.503. The Morgan fingerprint density at radius 2 is 1.65 bits per heavy atom. The molecule has 0 radical (unpaired) electrons. The molecule has 3 heteroatoms. The van der Waals surface area contributed by atoms with Gasteiger partial charge in [0.25, 0.3) is 0 Å². The largest absolute Gasteiger partial charge is 0.346 e. The molecule has 1 fully saturated rings. The molecule has 0 amide bonds. The molecular formula is C23H23F2N. The molecule has 3 aromatic rings. The Morgan fingerprint density at radius 3 is 2.42 bits per heavy atom. The average Bonchev–Trinajstić information content (AvgIpc) is 3.09. The molecule has 1 nitrogen and oxygen atoms in total. The summed E-state index contributed by atoms with van der Waals surface area (Å²) in [5, 5.41) is 0. The van der Waals surface area contributed by atoms with Crippen LogP contribution >= 0.6 is 0 Å². The van der Waals surface area contributed by atoms with Gasteiger partial charge in [-0.2, -0.15) is 0 Å². The van der Waals surface area contributed by atoms with Crippen molar-refractivity contribution in [3.8, 4) is 11.1 Å². The second-order valence-corrected chi connectivity index (χ2v) is 7.23. The lowest BCUT2D eigenvalue weighted by Gasteiger charge is -2.23. The number of rotatable bonds is 4. The zero-order valence-electron chi connectivity index (χ0n) is 14.8. The molecular weight excluding hydrogens is 328 g/mol. The lowest BCUT2D eigenvalue weighted by atomic mass is 9.86. The molecule has 0 saturated heterocycles. The molecule has 2 aromatic carbocycles. The predicted octanol–water partition coefficient (Wildman–Crippen LogP) is 6.53. The molecule has 1 aliphatic rings. The highest BCUT2D eigenvalue weighted by Crippen LogP contribution is 2.36. The van der Waals surface area contributed by atoms with Crippen LogP contribution in [0, 0.1) is 11.6 Å². The standard InChI is InChI=1S/C23H23F2N/c24-20-11-12-22(25)21(14-20)19-13-23(18-9-5-2-6-10-18)26(16-19)15-17-7-3-1-4-8-17/h1,3-4,7-8,11-14,16,18H,2,5-6,9-10,15H2. The van der Waals surface area contributed by atoms with E-state index in [0.29, 0.717) is 11.5 Å². The van der Waals surface area contributed by atoms with Gasteiger partial charge in [0.2, 0.25) is 0 Å². The van der Waals surface area contributed by atoms with Gasteiger partial charge in [-0.3, -0.25) is 0 Å². The fourth-order valence-electron chi connectivity index (χ4n) is 4.06. The van der Waals surface area contributed by atoms with Crippen molar-refractivity contribution >= 4 is 0 Å². The van der Waals surface area contributed by atoms with Crippen molar-refractivity contribution in [3.63, 3.8) is 0 Å². The molecule has 1 heterocycles. The molecule has 0 aliphatic heterocycles. The number of aromatic nitrogens is 1. The summed E-state index contributed by atoms with van der Waals surface area (Å²) in [5.74, 6) is -0.285. The van der Waals surface area contributed by atoms with Gasteiger partial charge in [0.15, 0.2) is 0 Å². The van der Waals surface area contributed by atoms with Crippen LogP contribution in [0.2, 0.25) is 0 Å². The minimum atomic E-state index is -0.406. The van der Waals surface area contributed by atoms with E-state index in [2.05, 4.69) is 22.8 Å². The molecule has 1 aliphatic carbocycles. The first kappa shape index (κ1) is 17.0. The average molecular weight is 351 g/mol. The predicted molar refractivity (Wildman–Crippen MR) is 101 cm³/mol. The maximum absolute atomic E-state index is 14.3. The Kier molecular flexibility index (Phi) is 4.87. The van der Waals surface area contributed by atoms with Crippen LogP contribution in [-0.4, -0.2) is 4.57 Å². The normalized spacial score (nSPS) is 15.3. The van der Waals surface area contributed by atoms with E-state index < -0.39 is 5.82 Å². The van der Waals surface area contributed by atoms with Gasteiger partial charge in [-0.25, -0.2) is 8.78 Å². The Labute approximate surface area is 153 Å². The first-order chi connectivity index (χ1) is 12.7. The third-order valence-corrected chi connectivity index (χ3v) is 5.39. The molecule has 26 heavy (non-hydrogen) atoms. The smallest absolute Gasteiger partial charge is 0.131 e. The fourth-order valence-corrected chi connectivity index (χ4v) is 4.06. The van der Waals surface area contributed by atoms with Crippen molar-refractivity contribution in [2.75, 3.05) is 0 Å². The summed E-state index contributed by atoms with van der Waals surface area (Å²) >= 11 is 0. The van der Waals surface area contributed by atoms with Crippen molar-refractivity contribution in [2.24, 2.45) is 0 Å². The summed E-state index contributed by atoms with van der Waals surface area (Å²) < 4.78 is 30.2. The van der Waals surface area contributed by atoms with Crippen LogP contribution in [0.15, 0.2) is 60.8 Å². The van der Waals surface area contributed by atoms with E-state index in [9.17, 15) is 8.78 Å². The number of benzene rings is 2. The minimum absolute atomic E-state index is 0.342. The topological polar surface area (TPSA) is 4.93 Å². The minimum Gasteiger partial charge on any atom is -0.346 e. The second-order valence-electron chi connectivity index (χ2n) is 7.23. The number of hydrogen-bond acceptors (Lipinski definition) is 0. The zero-order valence-corrected chi connectivity index (χ0v) is 14.8. The summed E-state index contributed by atoms with van der Waals surface area (Å²) in [4.78, 5) is 0. The Bertz CT molecular complexity index is 876. The van der Waals surface area contributed by atoms with Crippen molar-refractivity contribution in [1.82, 2.24) is 4.57 Å². The van der Waals surface area contributed by atoms with Crippen molar-refractivity contribution in [2.45, 2.75) is 44.6 Å². The highest BCUT2D eigenvalue weighted by atomic mass is 19.1. The lowest BCUT2D eigenvalue weighted by molar-refractivity contribution is 0.426. The highest BCUT2D eigenvalue weighted by Gasteiger charge is 2.21. The van der Waals surface area contributed by atoms with Crippen LogP contribution < -0.4 is 0 Å². The molecule has 1 aromatic heterocycles. The first-order valence-corrected chi connectivity index (χ1v) is 9.40. The molecule has 1 saturated carbocycles. The zero-order chi connectivity index (χ0) is 17.9. The Morgan fingerprint density at radius 1 is 0.885 bits per heavy atom. The van der Waals surface area contributed by atoms with Crippen molar-refractivity contribution in [3.05, 3.63) is 83.7 Å².